The number of ether oxygens (including phenoxy) is 2. The number of phenols is 2. The van der Waals surface area contributed by atoms with E-state index in [1.165, 1.54) is 60.7 Å². The SMILES string of the molecule is O=C(O)C[C@H](OC(=O)C=Cc1ccc(O)cc1)C(OC(=O)C=Cc1ccc(O)cc1)C(=O)O. The van der Waals surface area contributed by atoms with Gasteiger partial charge in [-0.1, -0.05) is 24.3 Å². The molecular weight excluding hydrogens is 436 g/mol. The molecule has 1 unspecified atom stereocenters. The van der Waals surface area contributed by atoms with Crippen molar-refractivity contribution < 1.29 is 49.1 Å². The van der Waals surface area contributed by atoms with Crippen LogP contribution < -0.4 is 0 Å². The van der Waals surface area contributed by atoms with E-state index in [1.807, 2.05) is 0 Å². The minimum Gasteiger partial charge on any atom is -0.508 e. The third kappa shape index (κ3) is 8.58. The molecule has 0 aliphatic heterocycles. The highest BCUT2D eigenvalue weighted by Gasteiger charge is 2.36. The predicted octanol–water partition coefficient (Wildman–Crippen LogP) is 2.21. The van der Waals surface area contributed by atoms with E-state index in [0.29, 0.717) is 11.1 Å². The molecule has 172 valence electrons. The van der Waals surface area contributed by atoms with E-state index in [0.717, 1.165) is 12.2 Å². The number of carboxylic acids is 2. The molecule has 0 amide bonds. The van der Waals surface area contributed by atoms with Crippen molar-refractivity contribution in [2.24, 2.45) is 0 Å². The van der Waals surface area contributed by atoms with Crippen LogP contribution >= 0.6 is 0 Å². The first kappa shape index (κ1) is 24.7. The number of hydrogen-bond donors (Lipinski definition) is 4. The van der Waals surface area contributed by atoms with Crippen molar-refractivity contribution in [3.63, 3.8) is 0 Å². The molecule has 0 fully saturated rings. The maximum atomic E-state index is 12.1. The Labute approximate surface area is 187 Å². The highest BCUT2D eigenvalue weighted by molar-refractivity contribution is 5.90. The van der Waals surface area contributed by atoms with Gasteiger partial charge < -0.3 is 29.9 Å². The lowest BCUT2D eigenvalue weighted by Gasteiger charge is -2.21. The van der Waals surface area contributed by atoms with E-state index < -0.39 is 42.5 Å². The second-order valence-corrected chi connectivity index (χ2v) is 6.62. The van der Waals surface area contributed by atoms with Crippen molar-refractivity contribution in [1.82, 2.24) is 0 Å². The number of benzene rings is 2. The number of phenolic OH excluding ortho intramolecular Hbond substituents is 2. The third-order valence-corrected chi connectivity index (χ3v) is 4.08. The quantitative estimate of drug-likeness (QED) is 0.307. The Kier molecular flexibility index (Phi) is 8.75. The molecule has 0 saturated carbocycles. The average molecular weight is 456 g/mol. The van der Waals surface area contributed by atoms with Crippen LogP contribution in [0.3, 0.4) is 0 Å². The first-order valence-electron chi connectivity index (χ1n) is 9.44. The Morgan fingerprint density at radius 1 is 0.727 bits per heavy atom. The van der Waals surface area contributed by atoms with E-state index in [9.17, 15) is 34.5 Å². The zero-order chi connectivity index (χ0) is 24.4. The summed E-state index contributed by atoms with van der Waals surface area (Å²) in [4.78, 5) is 46.9. The van der Waals surface area contributed by atoms with Crippen LogP contribution in [0.1, 0.15) is 17.5 Å². The van der Waals surface area contributed by atoms with Crippen LogP contribution in [0.4, 0.5) is 0 Å². The summed E-state index contributed by atoms with van der Waals surface area (Å²) in [6.45, 7) is 0. The van der Waals surface area contributed by atoms with Gasteiger partial charge >= 0.3 is 23.9 Å². The smallest absolute Gasteiger partial charge is 0.349 e. The fourth-order valence-electron chi connectivity index (χ4n) is 2.52. The number of hydrogen-bond acceptors (Lipinski definition) is 8. The average Bonchev–Trinajstić information content (AvgIpc) is 2.75. The van der Waals surface area contributed by atoms with Gasteiger partial charge in [-0.05, 0) is 47.5 Å². The van der Waals surface area contributed by atoms with Gasteiger partial charge in [0.1, 0.15) is 11.5 Å². The number of aliphatic carboxylic acids is 2. The van der Waals surface area contributed by atoms with E-state index in [2.05, 4.69) is 0 Å². The number of aromatic hydroxyl groups is 2. The second-order valence-electron chi connectivity index (χ2n) is 6.62. The standard InChI is InChI=1S/C23H20O10/c24-16-7-1-14(2-8-16)5-11-20(28)32-18(13-19(26)27)22(23(30)31)33-21(29)12-6-15-3-9-17(25)10-4-15/h1-12,18,22,24-25H,13H2,(H,26,27)(H,30,31)/t18-,22?/m0/s1. The molecule has 0 aliphatic rings. The minimum absolute atomic E-state index is 0.0125. The van der Waals surface area contributed by atoms with Crippen LogP contribution in [0.5, 0.6) is 11.5 Å². The first-order chi connectivity index (χ1) is 15.6. The maximum Gasteiger partial charge on any atom is 0.349 e. The lowest BCUT2D eigenvalue weighted by Crippen LogP contribution is -2.42. The molecule has 33 heavy (non-hydrogen) atoms. The summed E-state index contributed by atoms with van der Waals surface area (Å²) in [6, 6.07) is 11.5. The van der Waals surface area contributed by atoms with E-state index >= 15 is 0 Å². The van der Waals surface area contributed by atoms with Crippen molar-refractivity contribution in [1.29, 1.82) is 0 Å². The molecule has 2 atom stereocenters. The van der Waals surface area contributed by atoms with E-state index in [1.54, 1.807) is 0 Å². The lowest BCUT2D eigenvalue weighted by molar-refractivity contribution is -0.177. The zero-order valence-corrected chi connectivity index (χ0v) is 17.0. The van der Waals surface area contributed by atoms with Crippen LogP contribution in [0.15, 0.2) is 60.7 Å². The minimum atomic E-state index is -2.08. The van der Waals surface area contributed by atoms with Crippen molar-refractivity contribution in [2.45, 2.75) is 18.6 Å². The van der Waals surface area contributed by atoms with Crippen LogP contribution in [-0.4, -0.2) is 56.5 Å². The van der Waals surface area contributed by atoms with E-state index in [-0.39, 0.29) is 11.5 Å². The van der Waals surface area contributed by atoms with Gasteiger partial charge in [0.2, 0.25) is 6.10 Å². The molecule has 0 aromatic heterocycles. The maximum absolute atomic E-state index is 12.1. The Hall–Kier alpha value is -4.60. The summed E-state index contributed by atoms with van der Waals surface area (Å²) >= 11 is 0. The summed E-state index contributed by atoms with van der Waals surface area (Å²) < 4.78 is 9.77. The zero-order valence-electron chi connectivity index (χ0n) is 17.0. The van der Waals surface area contributed by atoms with Crippen molar-refractivity contribution in [2.75, 3.05) is 0 Å². The normalized spacial score (nSPS) is 12.8. The Morgan fingerprint density at radius 2 is 1.15 bits per heavy atom. The molecule has 0 spiro atoms. The molecule has 2 aromatic carbocycles. The molecular formula is C23H20O10. The van der Waals surface area contributed by atoms with Crippen molar-refractivity contribution in [3.8, 4) is 11.5 Å². The third-order valence-electron chi connectivity index (χ3n) is 4.08. The van der Waals surface area contributed by atoms with Crippen LogP contribution in [0.2, 0.25) is 0 Å². The number of carboxylic acid groups (broad SMARTS) is 2. The Bertz CT molecular complexity index is 1050. The van der Waals surface area contributed by atoms with Crippen LogP contribution in [0, 0.1) is 0 Å². The van der Waals surface area contributed by atoms with Gasteiger partial charge in [-0.3, -0.25) is 4.79 Å². The van der Waals surface area contributed by atoms with Gasteiger partial charge in [0.15, 0.2) is 6.10 Å². The van der Waals surface area contributed by atoms with Gasteiger partial charge in [0, 0.05) is 12.2 Å². The van der Waals surface area contributed by atoms with Gasteiger partial charge in [-0.15, -0.1) is 0 Å². The van der Waals surface area contributed by atoms with Crippen LogP contribution in [-0.2, 0) is 28.7 Å². The number of carbonyl (C=O) groups is 4. The molecule has 0 saturated heterocycles. The monoisotopic (exact) mass is 456 g/mol. The van der Waals surface area contributed by atoms with Crippen LogP contribution in [0.25, 0.3) is 12.2 Å². The summed E-state index contributed by atoms with van der Waals surface area (Å²) in [5, 5.41) is 37.0. The molecule has 4 N–H and O–H groups in total. The highest BCUT2D eigenvalue weighted by atomic mass is 16.6. The summed E-state index contributed by atoms with van der Waals surface area (Å²) in [7, 11) is 0. The second kappa shape index (κ2) is 11.7. The summed E-state index contributed by atoms with van der Waals surface area (Å²) in [6.07, 6.45) is -0.363. The van der Waals surface area contributed by atoms with Gasteiger partial charge in [0.25, 0.3) is 0 Å². The lowest BCUT2D eigenvalue weighted by atomic mass is 10.1. The van der Waals surface area contributed by atoms with Gasteiger partial charge in [-0.2, -0.15) is 0 Å². The first-order valence-corrected chi connectivity index (χ1v) is 9.44. The van der Waals surface area contributed by atoms with Crippen molar-refractivity contribution in [3.05, 3.63) is 71.8 Å². The van der Waals surface area contributed by atoms with Gasteiger partial charge in [0.05, 0.1) is 6.42 Å². The molecule has 0 aliphatic carbocycles. The van der Waals surface area contributed by atoms with E-state index in [4.69, 9.17) is 14.6 Å². The predicted molar refractivity (Wildman–Crippen MR) is 114 cm³/mol. The fourth-order valence-corrected chi connectivity index (χ4v) is 2.52. The molecule has 10 heteroatoms. The molecule has 0 radical (unpaired) electrons. The van der Waals surface area contributed by atoms with Crippen molar-refractivity contribution >= 4 is 36.0 Å². The molecule has 2 aromatic rings. The number of rotatable bonds is 10. The van der Waals surface area contributed by atoms with Gasteiger partial charge in [-0.25, -0.2) is 14.4 Å². The highest BCUT2D eigenvalue weighted by Crippen LogP contribution is 2.15. The number of esters is 2. The summed E-state index contributed by atoms with van der Waals surface area (Å²) in [5.74, 6) is -5.32. The molecule has 0 heterocycles. The topological polar surface area (TPSA) is 168 Å². The Balaban J connectivity index is 2.10. The fraction of sp³-hybridized carbons (Fsp3) is 0.130. The largest absolute Gasteiger partial charge is 0.508 e. The Morgan fingerprint density at radius 3 is 1.55 bits per heavy atom. The molecule has 0 bridgehead atoms. The molecule has 10 nitrogen and oxygen atoms in total. The summed E-state index contributed by atoms with van der Waals surface area (Å²) in [5.41, 5.74) is 1.02. The molecule has 2 rings (SSSR count). The number of carbonyl (C=O) groups excluding carboxylic acids is 2.